The average Bonchev–Trinajstić information content (AvgIpc) is 3.31. The van der Waals surface area contributed by atoms with Gasteiger partial charge < -0.3 is 10.1 Å². The van der Waals surface area contributed by atoms with Crippen LogP contribution < -0.4 is 10.1 Å². The van der Waals surface area contributed by atoms with E-state index in [1.807, 2.05) is 36.9 Å². The van der Waals surface area contributed by atoms with Crippen LogP contribution in [-0.2, 0) is 19.8 Å². The van der Waals surface area contributed by atoms with Crippen molar-refractivity contribution in [1.82, 2.24) is 24.9 Å². The number of ether oxygens (including phenoxy) is 1. The van der Waals surface area contributed by atoms with E-state index >= 15 is 0 Å². The van der Waals surface area contributed by atoms with Crippen molar-refractivity contribution < 1.29 is 9.53 Å². The third-order valence-electron chi connectivity index (χ3n) is 4.59. The third kappa shape index (κ3) is 4.79. The van der Waals surface area contributed by atoms with Crippen molar-refractivity contribution in [1.29, 1.82) is 0 Å². The maximum Gasteiger partial charge on any atom is 0.272 e. The summed E-state index contributed by atoms with van der Waals surface area (Å²) in [6, 6.07) is 9.70. The normalized spacial score (nSPS) is 11.0. The molecule has 0 saturated heterocycles. The SMILES string of the molecule is CCn1cc(CNC(=O)c2ccn(COc3ccc(C(C)C)cc3)n2)c(C)n1. The number of aryl methyl sites for hydroxylation is 2. The molecule has 28 heavy (non-hydrogen) atoms. The van der Waals surface area contributed by atoms with Gasteiger partial charge in [-0.1, -0.05) is 26.0 Å². The highest BCUT2D eigenvalue weighted by Gasteiger charge is 2.11. The number of aromatic nitrogens is 4. The van der Waals surface area contributed by atoms with Gasteiger partial charge in [0.15, 0.2) is 6.73 Å². The van der Waals surface area contributed by atoms with Gasteiger partial charge in [-0.15, -0.1) is 0 Å². The van der Waals surface area contributed by atoms with E-state index in [4.69, 9.17) is 4.74 Å². The van der Waals surface area contributed by atoms with E-state index in [-0.39, 0.29) is 12.6 Å². The second-order valence-corrected chi connectivity index (χ2v) is 7.02. The van der Waals surface area contributed by atoms with Crippen molar-refractivity contribution in [3.63, 3.8) is 0 Å². The molecule has 0 bridgehead atoms. The number of benzene rings is 1. The summed E-state index contributed by atoms with van der Waals surface area (Å²) in [5, 5.41) is 11.6. The van der Waals surface area contributed by atoms with Gasteiger partial charge in [0.2, 0.25) is 0 Å². The summed E-state index contributed by atoms with van der Waals surface area (Å²) in [7, 11) is 0. The first-order valence-corrected chi connectivity index (χ1v) is 9.53. The molecule has 0 atom stereocenters. The van der Waals surface area contributed by atoms with E-state index in [0.717, 1.165) is 23.6 Å². The zero-order valence-electron chi connectivity index (χ0n) is 16.8. The molecule has 0 spiro atoms. The zero-order chi connectivity index (χ0) is 20.1. The van der Waals surface area contributed by atoms with Crippen LogP contribution in [0.5, 0.6) is 5.75 Å². The average molecular weight is 381 g/mol. The maximum atomic E-state index is 12.3. The number of hydrogen-bond acceptors (Lipinski definition) is 4. The first-order chi connectivity index (χ1) is 13.5. The van der Waals surface area contributed by atoms with Crippen LogP contribution in [0.1, 0.15) is 54.0 Å². The standard InChI is InChI=1S/C21H27N5O2/c1-5-25-13-18(16(4)23-25)12-22-21(27)20-10-11-26(24-20)14-28-19-8-6-17(7-9-19)15(2)3/h6-11,13,15H,5,12,14H2,1-4H3,(H,22,27). The fourth-order valence-electron chi connectivity index (χ4n) is 2.80. The molecule has 2 aromatic heterocycles. The molecule has 1 amide bonds. The Balaban J connectivity index is 1.52. The van der Waals surface area contributed by atoms with Crippen LogP contribution in [0.2, 0.25) is 0 Å². The topological polar surface area (TPSA) is 74.0 Å². The monoisotopic (exact) mass is 381 g/mol. The van der Waals surface area contributed by atoms with Gasteiger partial charge in [0, 0.05) is 31.0 Å². The third-order valence-corrected chi connectivity index (χ3v) is 4.59. The summed E-state index contributed by atoms with van der Waals surface area (Å²) in [6.45, 7) is 9.76. The molecule has 148 valence electrons. The highest BCUT2D eigenvalue weighted by molar-refractivity contribution is 5.92. The molecule has 3 rings (SSSR count). The number of carbonyl (C=O) groups excluding carboxylic acids is 1. The summed E-state index contributed by atoms with van der Waals surface area (Å²) in [4.78, 5) is 12.3. The molecule has 0 saturated carbocycles. The van der Waals surface area contributed by atoms with Gasteiger partial charge in [0.1, 0.15) is 11.4 Å². The van der Waals surface area contributed by atoms with E-state index in [2.05, 4.69) is 41.5 Å². The summed E-state index contributed by atoms with van der Waals surface area (Å²) < 4.78 is 9.20. The first-order valence-electron chi connectivity index (χ1n) is 9.53. The lowest BCUT2D eigenvalue weighted by Crippen LogP contribution is -2.23. The molecule has 0 aliphatic rings. The molecule has 0 aliphatic carbocycles. The molecular formula is C21H27N5O2. The minimum atomic E-state index is -0.219. The maximum absolute atomic E-state index is 12.3. The largest absolute Gasteiger partial charge is 0.471 e. The number of hydrogen-bond donors (Lipinski definition) is 1. The summed E-state index contributed by atoms with van der Waals surface area (Å²) in [6.07, 6.45) is 3.68. The Morgan fingerprint density at radius 1 is 1.14 bits per heavy atom. The lowest BCUT2D eigenvalue weighted by molar-refractivity contribution is 0.0944. The second kappa shape index (κ2) is 8.73. The minimum absolute atomic E-state index is 0.219. The number of rotatable bonds is 8. The smallest absolute Gasteiger partial charge is 0.272 e. The second-order valence-electron chi connectivity index (χ2n) is 7.02. The Bertz CT molecular complexity index is 925. The molecule has 1 N–H and O–H groups in total. The van der Waals surface area contributed by atoms with Crippen molar-refractivity contribution >= 4 is 5.91 Å². The van der Waals surface area contributed by atoms with Gasteiger partial charge in [0.25, 0.3) is 5.91 Å². The van der Waals surface area contributed by atoms with Crippen LogP contribution in [0.4, 0.5) is 0 Å². The molecule has 0 radical (unpaired) electrons. The molecule has 2 heterocycles. The predicted octanol–water partition coefficient (Wildman–Crippen LogP) is 3.50. The molecule has 7 heteroatoms. The molecule has 3 aromatic rings. The zero-order valence-corrected chi connectivity index (χ0v) is 16.8. The van der Waals surface area contributed by atoms with Crippen molar-refractivity contribution in [3.05, 3.63) is 65.2 Å². The van der Waals surface area contributed by atoms with Gasteiger partial charge in [-0.05, 0) is 43.5 Å². The first kappa shape index (κ1) is 19.7. The minimum Gasteiger partial charge on any atom is -0.471 e. The summed E-state index contributed by atoms with van der Waals surface area (Å²) in [5.41, 5.74) is 3.55. The summed E-state index contributed by atoms with van der Waals surface area (Å²) >= 11 is 0. The van der Waals surface area contributed by atoms with Crippen molar-refractivity contribution in [2.75, 3.05) is 0 Å². The summed E-state index contributed by atoms with van der Waals surface area (Å²) in [5.74, 6) is 1.04. The van der Waals surface area contributed by atoms with E-state index in [1.165, 1.54) is 5.56 Å². The number of amides is 1. The van der Waals surface area contributed by atoms with Crippen LogP contribution in [0.3, 0.4) is 0 Å². The van der Waals surface area contributed by atoms with Crippen molar-refractivity contribution in [2.45, 2.75) is 53.4 Å². The Labute approximate surface area is 165 Å². The van der Waals surface area contributed by atoms with E-state index in [9.17, 15) is 4.79 Å². The van der Waals surface area contributed by atoms with E-state index in [1.54, 1.807) is 16.9 Å². The Morgan fingerprint density at radius 2 is 1.89 bits per heavy atom. The van der Waals surface area contributed by atoms with Gasteiger partial charge in [0.05, 0.1) is 5.69 Å². The molecule has 7 nitrogen and oxygen atoms in total. The van der Waals surface area contributed by atoms with Gasteiger partial charge in [-0.2, -0.15) is 10.2 Å². The Morgan fingerprint density at radius 3 is 2.54 bits per heavy atom. The Kier molecular flexibility index (Phi) is 6.13. The molecule has 1 aromatic carbocycles. The van der Waals surface area contributed by atoms with Crippen LogP contribution in [0, 0.1) is 6.92 Å². The highest BCUT2D eigenvalue weighted by atomic mass is 16.5. The lowest BCUT2D eigenvalue weighted by Gasteiger charge is -2.09. The van der Waals surface area contributed by atoms with Crippen LogP contribution in [-0.4, -0.2) is 25.5 Å². The molecular weight excluding hydrogens is 354 g/mol. The van der Waals surface area contributed by atoms with Gasteiger partial charge >= 0.3 is 0 Å². The number of carbonyl (C=O) groups is 1. The number of nitrogens with one attached hydrogen (secondary N) is 1. The molecule has 0 aliphatic heterocycles. The molecule has 0 unspecified atom stereocenters. The van der Waals surface area contributed by atoms with Crippen LogP contribution in [0.15, 0.2) is 42.7 Å². The number of nitrogens with zero attached hydrogens (tertiary/aromatic N) is 4. The molecule has 0 fully saturated rings. The van der Waals surface area contributed by atoms with Crippen LogP contribution >= 0.6 is 0 Å². The lowest BCUT2D eigenvalue weighted by atomic mass is 10.0. The van der Waals surface area contributed by atoms with E-state index < -0.39 is 0 Å². The highest BCUT2D eigenvalue weighted by Crippen LogP contribution is 2.18. The predicted molar refractivity (Wildman–Crippen MR) is 107 cm³/mol. The fraction of sp³-hybridized carbons (Fsp3) is 0.381. The van der Waals surface area contributed by atoms with E-state index in [0.29, 0.717) is 18.2 Å². The fourth-order valence-corrected chi connectivity index (χ4v) is 2.80. The quantitative estimate of drug-likeness (QED) is 0.648. The Hall–Kier alpha value is -3.09. The van der Waals surface area contributed by atoms with Crippen LogP contribution in [0.25, 0.3) is 0 Å². The van der Waals surface area contributed by atoms with Crippen molar-refractivity contribution in [2.24, 2.45) is 0 Å². The van der Waals surface area contributed by atoms with Crippen molar-refractivity contribution in [3.8, 4) is 5.75 Å². The van der Waals surface area contributed by atoms with Gasteiger partial charge in [-0.3, -0.25) is 9.48 Å². The van der Waals surface area contributed by atoms with Gasteiger partial charge in [-0.25, -0.2) is 4.68 Å².